The van der Waals surface area contributed by atoms with Crippen LogP contribution in [0.1, 0.15) is 30.3 Å². The van der Waals surface area contributed by atoms with Gasteiger partial charge in [-0.1, -0.05) is 6.07 Å². The molecule has 2 aromatic heterocycles. The number of pyridine rings is 1. The van der Waals surface area contributed by atoms with Crippen LogP contribution in [0.5, 0.6) is 5.75 Å². The molecule has 0 saturated carbocycles. The Morgan fingerprint density at radius 2 is 1.96 bits per heavy atom. The summed E-state index contributed by atoms with van der Waals surface area (Å²) < 4.78 is 7.63. The van der Waals surface area contributed by atoms with Crippen molar-refractivity contribution >= 4 is 23.0 Å². The summed E-state index contributed by atoms with van der Waals surface area (Å²) in [4.78, 5) is 6.74. The molecular formula is C21H22N4OS. The van der Waals surface area contributed by atoms with E-state index in [0.717, 1.165) is 17.1 Å². The van der Waals surface area contributed by atoms with Crippen molar-refractivity contribution in [2.75, 3.05) is 11.5 Å². The normalized spacial score (nSPS) is 19.2. The molecule has 0 spiro atoms. The second-order valence-corrected chi connectivity index (χ2v) is 6.92. The van der Waals surface area contributed by atoms with Gasteiger partial charge in [0.25, 0.3) is 0 Å². The Bertz CT molecular complexity index is 923. The largest absolute Gasteiger partial charge is 0.494 e. The third kappa shape index (κ3) is 3.40. The molecule has 1 saturated heterocycles. The van der Waals surface area contributed by atoms with Gasteiger partial charge in [0.2, 0.25) is 0 Å². The molecule has 4 rings (SSSR count). The van der Waals surface area contributed by atoms with E-state index in [1.54, 1.807) is 0 Å². The summed E-state index contributed by atoms with van der Waals surface area (Å²) >= 11 is 5.72. The summed E-state index contributed by atoms with van der Waals surface area (Å²) in [6.45, 7) is 2.63. The molecule has 2 atom stereocenters. The van der Waals surface area contributed by atoms with Crippen LogP contribution in [-0.2, 0) is 7.05 Å². The summed E-state index contributed by atoms with van der Waals surface area (Å²) in [5, 5.41) is 4.17. The number of aryl methyl sites for hydroxylation is 1. The molecule has 1 fully saturated rings. The third-order valence-electron chi connectivity index (χ3n) is 4.72. The van der Waals surface area contributed by atoms with Gasteiger partial charge in [-0.05, 0) is 67.2 Å². The number of nitrogens with one attached hydrogen (secondary N) is 1. The molecule has 6 heteroatoms. The number of hydrogen-bond acceptors (Lipinski definition) is 3. The van der Waals surface area contributed by atoms with Gasteiger partial charge in [-0.25, -0.2) is 0 Å². The lowest BCUT2D eigenvalue weighted by Gasteiger charge is -2.27. The Morgan fingerprint density at radius 3 is 2.59 bits per heavy atom. The number of benzene rings is 1. The fourth-order valence-electron chi connectivity index (χ4n) is 3.54. The Kier molecular flexibility index (Phi) is 4.81. The van der Waals surface area contributed by atoms with Crippen molar-refractivity contribution in [1.82, 2.24) is 14.9 Å². The van der Waals surface area contributed by atoms with Crippen molar-refractivity contribution in [2.45, 2.75) is 19.0 Å². The molecule has 1 aliphatic heterocycles. The van der Waals surface area contributed by atoms with Crippen molar-refractivity contribution in [1.29, 1.82) is 0 Å². The van der Waals surface area contributed by atoms with Gasteiger partial charge in [0.1, 0.15) is 5.75 Å². The first-order valence-electron chi connectivity index (χ1n) is 9.02. The van der Waals surface area contributed by atoms with Crippen LogP contribution in [0.2, 0.25) is 0 Å². The van der Waals surface area contributed by atoms with E-state index in [0.29, 0.717) is 11.7 Å². The number of ether oxygens (including phenoxy) is 1. The van der Waals surface area contributed by atoms with Crippen molar-refractivity contribution in [3.63, 3.8) is 0 Å². The Hall–Kier alpha value is -2.86. The number of hydrogen-bond donors (Lipinski definition) is 1. The standard InChI is InChI=1S/C21H22N4OS/c1-3-26-17-9-7-16(8-10-17)25-20(15-11-13-24(2)14-15)19(23-21(25)27)18-6-4-5-12-22-18/h4-14,19-20H,3H2,1-2H3,(H,23,27)/t19-,20+/m0/s1. The van der Waals surface area contributed by atoms with Crippen LogP contribution in [0.4, 0.5) is 5.69 Å². The highest BCUT2D eigenvalue weighted by molar-refractivity contribution is 7.80. The van der Waals surface area contributed by atoms with Gasteiger partial charge in [-0.2, -0.15) is 0 Å². The average Bonchev–Trinajstić information content (AvgIpc) is 3.26. The van der Waals surface area contributed by atoms with E-state index < -0.39 is 0 Å². The zero-order chi connectivity index (χ0) is 18.8. The predicted molar refractivity (Wildman–Crippen MR) is 111 cm³/mol. The summed E-state index contributed by atoms with van der Waals surface area (Å²) in [6.07, 6.45) is 6.02. The van der Waals surface area contributed by atoms with Crippen molar-refractivity contribution in [2.24, 2.45) is 7.05 Å². The topological polar surface area (TPSA) is 42.3 Å². The molecule has 138 valence electrons. The summed E-state index contributed by atoms with van der Waals surface area (Å²) in [5.74, 6) is 0.858. The minimum atomic E-state index is -0.0207. The number of anilines is 1. The van der Waals surface area contributed by atoms with Crippen LogP contribution >= 0.6 is 12.2 Å². The highest BCUT2D eigenvalue weighted by Gasteiger charge is 2.40. The Labute approximate surface area is 164 Å². The molecule has 5 nitrogen and oxygen atoms in total. The van der Waals surface area contributed by atoms with Crippen LogP contribution in [0, 0.1) is 0 Å². The molecule has 0 bridgehead atoms. The molecule has 0 unspecified atom stereocenters. The van der Waals surface area contributed by atoms with Crippen LogP contribution in [0.3, 0.4) is 0 Å². The minimum Gasteiger partial charge on any atom is -0.494 e. The second kappa shape index (κ2) is 7.40. The first kappa shape index (κ1) is 17.5. The van der Waals surface area contributed by atoms with E-state index in [9.17, 15) is 0 Å². The monoisotopic (exact) mass is 378 g/mol. The fourth-order valence-corrected chi connectivity index (χ4v) is 3.89. The highest BCUT2D eigenvalue weighted by Crippen LogP contribution is 2.41. The van der Waals surface area contributed by atoms with Gasteiger partial charge in [-0.3, -0.25) is 4.98 Å². The molecule has 0 amide bonds. The number of thiocarbonyl (C=S) groups is 1. The predicted octanol–water partition coefficient (Wildman–Crippen LogP) is 4.00. The number of rotatable bonds is 5. The molecule has 1 aliphatic rings. The molecular weight excluding hydrogens is 356 g/mol. The lowest BCUT2D eigenvalue weighted by Crippen LogP contribution is -2.29. The first-order chi connectivity index (χ1) is 13.2. The molecule has 3 aromatic rings. The van der Waals surface area contributed by atoms with Crippen LogP contribution in [0.25, 0.3) is 0 Å². The maximum atomic E-state index is 5.72. The average molecular weight is 379 g/mol. The third-order valence-corrected chi connectivity index (χ3v) is 5.03. The first-order valence-corrected chi connectivity index (χ1v) is 9.43. The molecule has 1 aromatic carbocycles. The number of nitrogens with zero attached hydrogens (tertiary/aromatic N) is 3. The van der Waals surface area contributed by atoms with E-state index in [-0.39, 0.29) is 12.1 Å². The van der Waals surface area contributed by atoms with Gasteiger partial charge in [0, 0.05) is 31.3 Å². The lowest BCUT2D eigenvalue weighted by molar-refractivity contribution is 0.340. The maximum Gasteiger partial charge on any atom is 0.174 e. The zero-order valence-corrected chi connectivity index (χ0v) is 16.2. The summed E-state index contributed by atoms with van der Waals surface area (Å²) in [6, 6.07) is 16.2. The Balaban J connectivity index is 1.75. The van der Waals surface area contributed by atoms with Crippen LogP contribution < -0.4 is 15.0 Å². The highest BCUT2D eigenvalue weighted by atomic mass is 32.1. The van der Waals surface area contributed by atoms with Crippen LogP contribution in [0.15, 0.2) is 67.1 Å². The fraction of sp³-hybridized carbons (Fsp3) is 0.238. The SMILES string of the molecule is CCOc1ccc(N2C(=S)N[C@@H](c3ccccn3)[C@H]2c2ccn(C)c2)cc1. The molecule has 0 aliphatic carbocycles. The molecule has 3 heterocycles. The van der Waals surface area contributed by atoms with Gasteiger partial charge in [-0.15, -0.1) is 0 Å². The maximum absolute atomic E-state index is 5.72. The quantitative estimate of drug-likeness (QED) is 0.680. The second-order valence-electron chi connectivity index (χ2n) is 6.53. The zero-order valence-electron chi connectivity index (χ0n) is 15.4. The number of aromatic nitrogens is 2. The molecule has 1 N–H and O–H groups in total. The summed E-state index contributed by atoms with van der Waals surface area (Å²) in [7, 11) is 2.03. The van der Waals surface area contributed by atoms with Gasteiger partial charge >= 0.3 is 0 Å². The molecule has 0 radical (unpaired) electrons. The summed E-state index contributed by atoms with van der Waals surface area (Å²) in [5.41, 5.74) is 3.19. The minimum absolute atomic E-state index is 0.0199. The van der Waals surface area contributed by atoms with Crippen molar-refractivity contribution in [3.8, 4) is 5.75 Å². The van der Waals surface area contributed by atoms with Gasteiger partial charge in [0.15, 0.2) is 5.11 Å². The van der Waals surface area contributed by atoms with Gasteiger partial charge < -0.3 is 19.5 Å². The van der Waals surface area contributed by atoms with E-state index in [4.69, 9.17) is 17.0 Å². The molecule has 27 heavy (non-hydrogen) atoms. The van der Waals surface area contributed by atoms with E-state index >= 15 is 0 Å². The van der Waals surface area contributed by atoms with Crippen molar-refractivity contribution in [3.05, 3.63) is 78.4 Å². The van der Waals surface area contributed by atoms with Crippen molar-refractivity contribution < 1.29 is 4.74 Å². The Morgan fingerprint density at radius 1 is 1.15 bits per heavy atom. The van der Waals surface area contributed by atoms with E-state index in [2.05, 4.69) is 50.4 Å². The van der Waals surface area contributed by atoms with Crippen LogP contribution in [-0.4, -0.2) is 21.3 Å². The lowest BCUT2D eigenvalue weighted by atomic mass is 9.98. The smallest absolute Gasteiger partial charge is 0.174 e. The van der Waals surface area contributed by atoms with E-state index in [1.807, 2.05) is 50.5 Å². The van der Waals surface area contributed by atoms with E-state index in [1.165, 1.54) is 5.56 Å². The van der Waals surface area contributed by atoms with Gasteiger partial charge in [0.05, 0.1) is 24.4 Å².